The molecule has 0 saturated carbocycles. The van der Waals surface area contributed by atoms with Crippen molar-refractivity contribution in [2.24, 2.45) is 11.7 Å². The maximum atomic E-state index is 12.1. The lowest BCUT2D eigenvalue weighted by atomic mass is 9.90. The minimum Gasteiger partial charge on any atom is -0.383 e. The number of hydrogen-bond donors (Lipinski definition) is 1. The number of nitrogens with two attached hydrogens (primary N) is 1. The molecule has 1 saturated heterocycles. The molecule has 2 N–H and O–H groups in total. The Labute approximate surface area is 127 Å². The first-order valence-corrected chi connectivity index (χ1v) is 7.78. The summed E-state index contributed by atoms with van der Waals surface area (Å²) in [7, 11) is 1.57. The van der Waals surface area contributed by atoms with Gasteiger partial charge in [0.25, 0.3) is 0 Å². The second kappa shape index (κ2) is 8.15. The summed E-state index contributed by atoms with van der Waals surface area (Å²) < 4.78 is 4.95. The number of benzene rings is 1. The molecule has 1 aromatic rings. The van der Waals surface area contributed by atoms with Crippen molar-refractivity contribution in [1.82, 2.24) is 4.90 Å². The molecule has 0 bridgehead atoms. The molecular weight excluding hydrogens is 264 g/mol. The number of piperidine rings is 1. The third-order valence-corrected chi connectivity index (χ3v) is 4.27. The Morgan fingerprint density at radius 2 is 2.00 bits per heavy atom. The van der Waals surface area contributed by atoms with E-state index >= 15 is 0 Å². The van der Waals surface area contributed by atoms with E-state index in [2.05, 4.69) is 30.3 Å². The highest BCUT2D eigenvalue weighted by atomic mass is 16.5. The number of carbonyl (C=O) groups excluding carboxylic acids is 1. The van der Waals surface area contributed by atoms with E-state index in [0.29, 0.717) is 12.5 Å². The highest BCUT2D eigenvalue weighted by Gasteiger charge is 2.26. The lowest BCUT2D eigenvalue weighted by Crippen LogP contribution is -2.48. The monoisotopic (exact) mass is 290 g/mol. The number of hydrogen-bond acceptors (Lipinski definition) is 3. The number of amides is 1. The van der Waals surface area contributed by atoms with Gasteiger partial charge in [0, 0.05) is 20.2 Å². The van der Waals surface area contributed by atoms with E-state index in [1.807, 2.05) is 4.90 Å². The van der Waals surface area contributed by atoms with Crippen LogP contribution in [0.1, 0.15) is 24.8 Å². The van der Waals surface area contributed by atoms with Crippen LogP contribution in [0.2, 0.25) is 0 Å². The Morgan fingerprint density at radius 1 is 1.33 bits per heavy atom. The third kappa shape index (κ3) is 4.83. The number of carbonyl (C=O) groups is 1. The average Bonchev–Trinajstić information content (AvgIpc) is 2.54. The van der Waals surface area contributed by atoms with E-state index < -0.39 is 6.04 Å². The summed E-state index contributed by atoms with van der Waals surface area (Å²) in [4.78, 5) is 14.0. The number of nitrogens with zero attached hydrogens (tertiary/aromatic N) is 1. The first-order chi connectivity index (χ1) is 10.2. The van der Waals surface area contributed by atoms with E-state index in [-0.39, 0.29) is 5.91 Å². The number of methoxy groups -OCH3 is 1. The van der Waals surface area contributed by atoms with E-state index in [9.17, 15) is 4.79 Å². The summed E-state index contributed by atoms with van der Waals surface area (Å²) >= 11 is 0. The molecule has 116 valence electrons. The molecular formula is C17H26N2O2. The highest BCUT2D eigenvalue weighted by molar-refractivity contribution is 5.81. The van der Waals surface area contributed by atoms with Crippen LogP contribution in [0.15, 0.2) is 30.3 Å². The van der Waals surface area contributed by atoms with Gasteiger partial charge in [-0.1, -0.05) is 30.3 Å². The van der Waals surface area contributed by atoms with Gasteiger partial charge in [0.2, 0.25) is 5.91 Å². The maximum Gasteiger partial charge on any atom is 0.241 e. The molecule has 1 atom stereocenters. The minimum absolute atomic E-state index is 0.0263. The second-order valence-corrected chi connectivity index (χ2v) is 5.85. The van der Waals surface area contributed by atoms with Crippen molar-refractivity contribution in [2.45, 2.75) is 31.7 Å². The smallest absolute Gasteiger partial charge is 0.241 e. The van der Waals surface area contributed by atoms with E-state index in [1.54, 1.807) is 7.11 Å². The Bertz CT molecular complexity index is 428. The fourth-order valence-electron chi connectivity index (χ4n) is 2.94. The van der Waals surface area contributed by atoms with Crippen LogP contribution >= 0.6 is 0 Å². The minimum atomic E-state index is -0.518. The largest absolute Gasteiger partial charge is 0.383 e. The van der Waals surface area contributed by atoms with Crippen molar-refractivity contribution < 1.29 is 9.53 Å². The van der Waals surface area contributed by atoms with Gasteiger partial charge < -0.3 is 15.4 Å². The van der Waals surface area contributed by atoms with Crippen LogP contribution in [0.25, 0.3) is 0 Å². The SMILES string of the molecule is COCC(N)C(=O)N1CCC(CCc2ccccc2)CC1. The Balaban J connectivity index is 1.72. The molecule has 2 rings (SSSR count). The van der Waals surface area contributed by atoms with Crippen LogP contribution in [-0.2, 0) is 16.0 Å². The van der Waals surface area contributed by atoms with Crippen LogP contribution in [0.4, 0.5) is 0 Å². The van der Waals surface area contributed by atoms with E-state index in [1.165, 1.54) is 12.0 Å². The van der Waals surface area contributed by atoms with Crippen LogP contribution < -0.4 is 5.73 Å². The van der Waals surface area contributed by atoms with Gasteiger partial charge >= 0.3 is 0 Å². The van der Waals surface area contributed by atoms with Crippen molar-refractivity contribution in [2.75, 3.05) is 26.8 Å². The molecule has 1 heterocycles. The molecule has 1 aliphatic rings. The molecule has 21 heavy (non-hydrogen) atoms. The van der Waals surface area contributed by atoms with Crippen molar-refractivity contribution in [1.29, 1.82) is 0 Å². The lowest BCUT2D eigenvalue weighted by Gasteiger charge is -2.33. The van der Waals surface area contributed by atoms with Gasteiger partial charge in [-0.15, -0.1) is 0 Å². The number of rotatable bonds is 6. The van der Waals surface area contributed by atoms with Gasteiger partial charge in [0.05, 0.1) is 6.61 Å². The Hall–Kier alpha value is -1.39. The quantitative estimate of drug-likeness (QED) is 0.869. The molecule has 0 aromatic heterocycles. The second-order valence-electron chi connectivity index (χ2n) is 5.85. The van der Waals surface area contributed by atoms with Crippen LogP contribution in [0.5, 0.6) is 0 Å². The zero-order chi connectivity index (χ0) is 15.1. The predicted octanol–water partition coefficient (Wildman–Crippen LogP) is 1.83. The van der Waals surface area contributed by atoms with Gasteiger partial charge in [-0.3, -0.25) is 4.79 Å². The summed E-state index contributed by atoms with van der Waals surface area (Å²) in [5.74, 6) is 0.742. The number of ether oxygens (including phenoxy) is 1. The summed E-state index contributed by atoms with van der Waals surface area (Å²) in [6.07, 6.45) is 4.50. The fraction of sp³-hybridized carbons (Fsp3) is 0.588. The molecule has 1 fully saturated rings. The molecule has 1 aliphatic heterocycles. The summed E-state index contributed by atoms with van der Waals surface area (Å²) in [6, 6.07) is 10.1. The van der Waals surface area contributed by atoms with Gasteiger partial charge in [0.15, 0.2) is 0 Å². The summed E-state index contributed by atoms with van der Waals surface area (Å²) in [6.45, 7) is 1.96. The van der Waals surface area contributed by atoms with Crippen LogP contribution in [-0.4, -0.2) is 43.7 Å². The first-order valence-electron chi connectivity index (χ1n) is 7.78. The maximum absolute atomic E-state index is 12.1. The average molecular weight is 290 g/mol. The van der Waals surface area contributed by atoms with Gasteiger partial charge in [-0.2, -0.15) is 0 Å². The molecule has 1 unspecified atom stereocenters. The molecule has 1 amide bonds. The normalized spacial score (nSPS) is 17.7. The number of likely N-dealkylation sites (tertiary alicyclic amines) is 1. The first kappa shape index (κ1) is 16.0. The van der Waals surface area contributed by atoms with Crippen molar-refractivity contribution in [3.05, 3.63) is 35.9 Å². The Morgan fingerprint density at radius 3 is 2.62 bits per heavy atom. The Kier molecular flexibility index (Phi) is 6.21. The lowest BCUT2D eigenvalue weighted by molar-refractivity contribution is -0.135. The van der Waals surface area contributed by atoms with Gasteiger partial charge in [-0.05, 0) is 37.2 Å². The molecule has 0 aliphatic carbocycles. The molecule has 0 spiro atoms. The summed E-state index contributed by atoms with van der Waals surface area (Å²) in [5, 5.41) is 0. The van der Waals surface area contributed by atoms with Crippen LogP contribution in [0.3, 0.4) is 0 Å². The van der Waals surface area contributed by atoms with Crippen molar-refractivity contribution >= 4 is 5.91 Å². The molecule has 1 aromatic carbocycles. The van der Waals surface area contributed by atoms with Gasteiger partial charge in [-0.25, -0.2) is 0 Å². The highest BCUT2D eigenvalue weighted by Crippen LogP contribution is 2.22. The van der Waals surface area contributed by atoms with Crippen molar-refractivity contribution in [3.8, 4) is 0 Å². The van der Waals surface area contributed by atoms with E-state index in [0.717, 1.165) is 32.4 Å². The topological polar surface area (TPSA) is 55.6 Å². The number of aryl methyl sites for hydroxylation is 1. The van der Waals surface area contributed by atoms with Crippen molar-refractivity contribution in [3.63, 3.8) is 0 Å². The standard InChI is InChI=1S/C17H26N2O2/c1-21-13-16(18)17(20)19-11-9-15(10-12-19)8-7-14-5-3-2-4-6-14/h2-6,15-16H,7-13,18H2,1H3. The molecule has 0 radical (unpaired) electrons. The van der Waals surface area contributed by atoms with Gasteiger partial charge in [0.1, 0.15) is 6.04 Å². The fourth-order valence-corrected chi connectivity index (χ4v) is 2.94. The zero-order valence-electron chi connectivity index (χ0n) is 12.8. The van der Waals surface area contributed by atoms with E-state index in [4.69, 9.17) is 10.5 Å². The molecule has 4 nitrogen and oxygen atoms in total. The molecule has 4 heteroatoms. The zero-order valence-corrected chi connectivity index (χ0v) is 12.8. The summed E-state index contributed by atoms with van der Waals surface area (Å²) in [5.41, 5.74) is 7.21. The van der Waals surface area contributed by atoms with Crippen LogP contribution in [0, 0.1) is 5.92 Å². The third-order valence-electron chi connectivity index (χ3n) is 4.27. The predicted molar refractivity (Wildman–Crippen MR) is 83.9 cm³/mol.